The number of carbonyl (C=O) groups is 2. The second-order valence-electron chi connectivity index (χ2n) is 6.60. The number of rotatable bonds is 4. The molecule has 5 rings (SSSR count). The third-order valence-electron chi connectivity index (χ3n) is 4.74. The lowest BCUT2D eigenvalue weighted by atomic mass is 10.0. The van der Waals surface area contributed by atoms with Gasteiger partial charge in [0.15, 0.2) is 11.5 Å². The quantitative estimate of drug-likeness (QED) is 0.670. The maximum atomic E-state index is 13.2. The maximum absolute atomic E-state index is 13.2. The van der Waals surface area contributed by atoms with E-state index in [1.54, 1.807) is 36.4 Å². The first-order chi connectivity index (χ1) is 14.6. The van der Waals surface area contributed by atoms with Crippen LogP contribution in [-0.2, 0) is 4.79 Å². The summed E-state index contributed by atoms with van der Waals surface area (Å²) in [6.45, 7) is 0.163. The highest BCUT2D eigenvalue weighted by molar-refractivity contribution is 6.37. The Morgan fingerprint density at radius 2 is 1.87 bits per heavy atom. The summed E-state index contributed by atoms with van der Waals surface area (Å²) in [7, 11) is 0. The van der Waals surface area contributed by atoms with Crippen LogP contribution in [0.2, 0.25) is 0 Å². The van der Waals surface area contributed by atoms with Crippen LogP contribution in [-0.4, -0.2) is 29.5 Å². The minimum atomic E-state index is -1.04. The molecule has 0 bridgehead atoms. The minimum absolute atomic E-state index is 0.126. The van der Waals surface area contributed by atoms with Crippen LogP contribution in [0.5, 0.6) is 11.5 Å². The molecule has 3 heterocycles. The molecule has 8 nitrogen and oxygen atoms in total. The van der Waals surface area contributed by atoms with Crippen molar-refractivity contribution in [3.8, 4) is 11.5 Å². The molecular formula is C22H14N2O6. The Hall–Kier alpha value is -4.33. The molecule has 2 aliphatic rings. The Morgan fingerprint density at radius 3 is 2.60 bits per heavy atom. The van der Waals surface area contributed by atoms with Gasteiger partial charge in [-0.05, 0) is 54.1 Å². The maximum Gasteiger partial charge on any atom is 0.335 e. The van der Waals surface area contributed by atoms with Gasteiger partial charge < -0.3 is 19.0 Å². The number of benzene rings is 2. The number of carboxylic acids is 1. The highest BCUT2D eigenvalue weighted by Crippen LogP contribution is 2.34. The first kappa shape index (κ1) is 17.7. The van der Waals surface area contributed by atoms with Crippen LogP contribution in [0.4, 0.5) is 5.69 Å². The average Bonchev–Trinajstić information content (AvgIpc) is 3.49. The number of furan rings is 1. The fourth-order valence-electron chi connectivity index (χ4n) is 3.25. The number of amides is 1. The van der Waals surface area contributed by atoms with Crippen molar-refractivity contribution in [2.75, 3.05) is 11.8 Å². The molecule has 1 aromatic heterocycles. The Morgan fingerprint density at radius 1 is 1.07 bits per heavy atom. The lowest BCUT2D eigenvalue weighted by Gasteiger charge is -2.11. The predicted molar refractivity (Wildman–Crippen MR) is 107 cm³/mol. The topological polar surface area (TPSA) is 102 Å². The molecule has 3 aromatic rings. The van der Waals surface area contributed by atoms with Crippen molar-refractivity contribution >= 4 is 29.4 Å². The SMILES string of the molecule is O=C(O)c1ccc(N2N=C(c3ccoc3)/C(=C/c3ccc4c(c3)OCO4)C2=O)cc1. The van der Waals surface area contributed by atoms with Crippen LogP contribution in [0.1, 0.15) is 21.5 Å². The third kappa shape index (κ3) is 3.00. The normalized spacial score (nSPS) is 16.3. The number of hydrogen-bond acceptors (Lipinski definition) is 6. The van der Waals surface area contributed by atoms with Crippen molar-refractivity contribution in [2.45, 2.75) is 0 Å². The molecule has 0 unspecified atom stereocenters. The molecule has 30 heavy (non-hydrogen) atoms. The number of fused-ring (bicyclic) bond motifs is 1. The molecule has 0 saturated carbocycles. The van der Waals surface area contributed by atoms with Gasteiger partial charge in [0.05, 0.1) is 29.4 Å². The van der Waals surface area contributed by atoms with E-state index in [4.69, 9.17) is 19.0 Å². The second-order valence-corrected chi connectivity index (χ2v) is 6.60. The standard InChI is InChI=1S/C22H14N2O6/c25-21-17(9-13-1-6-18-19(10-13)30-12-29-18)20(15-7-8-28-11-15)23-24(21)16-4-2-14(3-5-16)22(26)27/h1-11H,12H2,(H,26,27)/b17-9-. The lowest BCUT2D eigenvalue weighted by molar-refractivity contribution is -0.114. The zero-order valence-electron chi connectivity index (χ0n) is 15.4. The van der Waals surface area contributed by atoms with Crippen LogP contribution in [0, 0.1) is 0 Å². The highest BCUT2D eigenvalue weighted by Gasteiger charge is 2.32. The molecule has 2 aromatic carbocycles. The summed E-state index contributed by atoms with van der Waals surface area (Å²) in [5, 5.41) is 14.8. The van der Waals surface area contributed by atoms with Gasteiger partial charge in [-0.15, -0.1) is 0 Å². The van der Waals surface area contributed by atoms with E-state index in [2.05, 4.69) is 5.10 Å². The van der Waals surface area contributed by atoms with Gasteiger partial charge in [0, 0.05) is 5.56 Å². The van der Waals surface area contributed by atoms with Gasteiger partial charge in [-0.1, -0.05) is 6.07 Å². The molecule has 0 aliphatic carbocycles. The van der Waals surface area contributed by atoms with Gasteiger partial charge >= 0.3 is 5.97 Å². The summed E-state index contributed by atoms with van der Waals surface area (Å²) >= 11 is 0. The average molecular weight is 402 g/mol. The lowest BCUT2D eigenvalue weighted by Crippen LogP contribution is -2.21. The van der Waals surface area contributed by atoms with Crippen molar-refractivity contribution in [2.24, 2.45) is 5.10 Å². The molecule has 8 heteroatoms. The summed E-state index contributed by atoms with van der Waals surface area (Å²) in [6, 6.07) is 13.1. The molecule has 1 N–H and O–H groups in total. The number of hydrazone groups is 1. The van der Waals surface area contributed by atoms with Crippen LogP contribution >= 0.6 is 0 Å². The minimum Gasteiger partial charge on any atom is -0.478 e. The van der Waals surface area contributed by atoms with Crippen LogP contribution in [0.15, 0.2) is 76.1 Å². The molecule has 0 radical (unpaired) electrons. The highest BCUT2D eigenvalue weighted by atomic mass is 16.7. The molecule has 1 amide bonds. The molecule has 0 fully saturated rings. The fraction of sp³-hybridized carbons (Fsp3) is 0.0455. The van der Waals surface area contributed by atoms with E-state index in [0.717, 1.165) is 5.56 Å². The molecule has 0 saturated heterocycles. The van der Waals surface area contributed by atoms with Crippen molar-refractivity contribution in [3.05, 3.63) is 83.3 Å². The van der Waals surface area contributed by atoms with Gasteiger partial charge in [0.2, 0.25) is 6.79 Å². The number of hydrogen-bond donors (Lipinski definition) is 1. The van der Waals surface area contributed by atoms with E-state index < -0.39 is 5.97 Å². The predicted octanol–water partition coefficient (Wildman–Crippen LogP) is 3.54. The van der Waals surface area contributed by atoms with Crippen LogP contribution < -0.4 is 14.5 Å². The molecule has 0 spiro atoms. The largest absolute Gasteiger partial charge is 0.478 e. The molecular weight excluding hydrogens is 388 g/mol. The van der Waals surface area contributed by atoms with Crippen molar-refractivity contribution in [1.29, 1.82) is 0 Å². The van der Waals surface area contributed by atoms with Crippen molar-refractivity contribution in [3.63, 3.8) is 0 Å². The molecule has 0 atom stereocenters. The number of nitrogens with zero attached hydrogens (tertiary/aromatic N) is 2. The summed E-state index contributed by atoms with van der Waals surface area (Å²) in [5.41, 5.74) is 2.81. The zero-order valence-corrected chi connectivity index (χ0v) is 15.4. The Balaban J connectivity index is 1.56. The third-order valence-corrected chi connectivity index (χ3v) is 4.74. The first-order valence-electron chi connectivity index (χ1n) is 9.01. The van der Waals surface area contributed by atoms with E-state index in [9.17, 15) is 9.59 Å². The van der Waals surface area contributed by atoms with Gasteiger partial charge in [0.25, 0.3) is 5.91 Å². The van der Waals surface area contributed by atoms with Gasteiger partial charge in [-0.25, -0.2) is 4.79 Å². The number of ether oxygens (including phenoxy) is 2. The van der Waals surface area contributed by atoms with Crippen LogP contribution in [0.25, 0.3) is 6.08 Å². The number of carboxylic acid groups (broad SMARTS) is 1. The van der Waals surface area contributed by atoms with E-state index in [1.165, 1.54) is 29.7 Å². The Bertz CT molecular complexity index is 1210. The summed E-state index contributed by atoms with van der Waals surface area (Å²) in [5.74, 6) is -0.122. The van der Waals surface area contributed by atoms with Crippen molar-refractivity contribution in [1.82, 2.24) is 0 Å². The summed E-state index contributed by atoms with van der Waals surface area (Å²) < 4.78 is 15.9. The zero-order chi connectivity index (χ0) is 20.7. The molecule has 148 valence electrons. The second kappa shape index (κ2) is 6.93. The number of anilines is 1. The van der Waals surface area contributed by atoms with E-state index >= 15 is 0 Å². The van der Waals surface area contributed by atoms with Crippen molar-refractivity contribution < 1.29 is 28.6 Å². The van der Waals surface area contributed by atoms with E-state index in [-0.39, 0.29) is 18.3 Å². The van der Waals surface area contributed by atoms with Gasteiger partial charge in [-0.2, -0.15) is 10.1 Å². The number of carbonyl (C=O) groups excluding carboxylic acids is 1. The summed E-state index contributed by atoms with van der Waals surface area (Å²) in [4.78, 5) is 24.3. The number of aromatic carboxylic acids is 1. The van der Waals surface area contributed by atoms with Gasteiger partial charge in [0.1, 0.15) is 5.71 Å². The molecule has 2 aliphatic heterocycles. The van der Waals surface area contributed by atoms with E-state index in [1.807, 2.05) is 6.07 Å². The Kier molecular flexibility index (Phi) is 4.10. The van der Waals surface area contributed by atoms with E-state index in [0.29, 0.717) is 34.0 Å². The first-order valence-corrected chi connectivity index (χ1v) is 9.01. The van der Waals surface area contributed by atoms with Gasteiger partial charge in [-0.3, -0.25) is 4.79 Å². The monoisotopic (exact) mass is 402 g/mol. The fourth-order valence-corrected chi connectivity index (χ4v) is 3.25. The Labute approximate surface area is 170 Å². The summed E-state index contributed by atoms with van der Waals surface area (Å²) in [6.07, 6.45) is 4.74. The smallest absolute Gasteiger partial charge is 0.335 e. The van der Waals surface area contributed by atoms with Crippen LogP contribution in [0.3, 0.4) is 0 Å².